The van der Waals surface area contributed by atoms with Crippen molar-refractivity contribution in [3.63, 3.8) is 0 Å². The van der Waals surface area contributed by atoms with Gasteiger partial charge in [-0.05, 0) is 54.7 Å². The molecule has 2 aromatic rings. The molecule has 2 aromatic carbocycles. The minimum absolute atomic E-state index is 0.253. The Labute approximate surface area is 175 Å². The average Bonchev–Trinajstić information content (AvgIpc) is 2.66. The third kappa shape index (κ3) is 8.65. The van der Waals surface area contributed by atoms with Crippen LogP contribution in [-0.4, -0.2) is 34.9 Å². The molecule has 8 heteroatoms. The van der Waals surface area contributed by atoms with Crippen LogP contribution < -0.4 is 5.73 Å². The lowest BCUT2D eigenvalue weighted by atomic mass is 10.0. The van der Waals surface area contributed by atoms with Crippen LogP contribution in [0.2, 0.25) is 0 Å². The van der Waals surface area contributed by atoms with Crippen LogP contribution in [0.4, 0.5) is 0 Å². The summed E-state index contributed by atoms with van der Waals surface area (Å²) in [6, 6.07) is 14.7. The highest BCUT2D eigenvalue weighted by molar-refractivity contribution is 7.90. The monoisotopic (exact) mass is 441 g/mol. The van der Waals surface area contributed by atoms with Crippen LogP contribution in [0, 0.1) is 5.92 Å². The summed E-state index contributed by atoms with van der Waals surface area (Å²) >= 11 is 0. The molecule has 0 bridgehead atoms. The topological polar surface area (TPSA) is 104 Å². The molecule has 0 aromatic heterocycles. The van der Waals surface area contributed by atoms with Crippen molar-refractivity contribution in [2.75, 3.05) is 12.9 Å². The Kier molecular flexibility index (Phi) is 9.48. The molecule has 0 saturated carbocycles. The number of sulfone groups is 1. The molecule has 0 aliphatic heterocycles. The van der Waals surface area contributed by atoms with E-state index in [0.29, 0.717) is 11.4 Å². The van der Waals surface area contributed by atoms with Crippen molar-refractivity contribution in [3.05, 3.63) is 54.1 Å². The van der Waals surface area contributed by atoms with E-state index >= 15 is 0 Å². The summed E-state index contributed by atoms with van der Waals surface area (Å²) < 4.78 is 49.8. The van der Waals surface area contributed by atoms with E-state index in [9.17, 15) is 16.8 Å². The molecule has 29 heavy (non-hydrogen) atoms. The molecule has 0 fully saturated rings. The quantitative estimate of drug-likeness (QED) is 0.658. The molecule has 0 radical (unpaired) electrons. The number of hydrogen-bond donors (Lipinski definition) is 1. The van der Waals surface area contributed by atoms with Gasteiger partial charge in [0, 0.05) is 12.8 Å². The summed E-state index contributed by atoms with van der Waals surface area (Å²) in [5.41, 5.74) is 8.48. The molecule has 2 rings (SSSR count). The molecule has 0 saturated heterocycles. The Balaban J connectivity index is 0.000000331. The summed E-state index contributed by atoms with van der Waals surface area (Å²) in [6.07, 6.45) is 1.21. The lowest BCUT2D eigenvalue weighted by molar-refractivity contribution is 0.272. The Morgan fingerprint density at radius 2 is 1.45 bits per heavy atom. The van der Waals surface area contributed by atoms with Crippen molar-refractivity contribution < 1.29 is 21.0 Å². The van der Waals surface area contributed by atoms with Crippen molar-refractivity contribution in [2.45, 2.75) is 44.4 Å². The smallest absolute Gasteiger partial charge is 0.269 e. The van der Waals surface area contributed by atoms with Gasteiger partial charge in [0.2, 0.25) is 0 Å². The molecule has 0 amide bonds. The molecule has 0 aliphatic carbocycles. The first-order valence-electron chi connectivity index (χ1n) is 9.34. The van der Waals surface area contributed by atoms with Gasteiger partial charge in [-0.2, -0.15) is 8.42 Å². The van der Waals surface area contributed by atoms with E-state index in [4.69, 9.17) is 9.92 Å². The molecular weight excluding hydrogens is 410 g/mol. The van der Waals surface area contributed by atoms with Gasteiger partial charge in [-0.3, -0.25) is 4.18 Å². The fourth-order valence-electron chi connectivity index (χ4n) is 2.15. The van der Waals surface area contributed by atoms with Gasteiger partial charge in [0.05, 0.1) is 16.8 Å². The van der Waals surface area contributed by atoms with Crippen LogP contribution in [0.25, 0.3) is 11.1 Å². The van der Waals surface area contributed by atoms with E-state index in [1.165, 1.54) is 6.26 Å². The van der Waals surface area contributed by atoms with Gasteiger partial charge < -0.3 is 5.73 Å². The summed E-state index contributed by atoms with van der Waals surface area (Å²) in [6.45, 7) is 7.79. The van der Waals surface area contributed by atoms with E-state index in [1.807, 2.05) is 44.2 Å². The van der Waals surface area contributed by atoms with Crippen LogP contribution in [0.5, 0.6) is 0 Å². The fourth-order valence-corrected chi connectivity index (χ4v) is 3.55. The third-order valence-corrected chi connectivity index (χ3v) is 6.63. The van der Waals surface area contributed by atoms with Gasteiger partial charge >= 0.3 is 0 Å². The highest BCUT2D eigenvalue weighted by Crippen LogP contribution is 2.23. The highest BCUT2D eigenvalue weighted by Gasteiger charge is 2.16. The molecule has 0 spiro atoms. The minimum Gasteiger partial charge on any atom is -0.326 e. The van der Waals surface area contributed by atoms with Crippen molar-refractivity contribution in [3.8, 4) is 11.1 Å². The second-order valence-corrected chi connectivity index (χ2v) is 11.6. The minimum atomic E-state index is -3.29. The maximum absolute atomic E-state index is 11.5. The number of hydrogen-bond acceptors (Lipinski definition) is 6. The Bertz CT molecular complexity index is 997. The van der Waals surface area contributed by atoms with Crippen molar-refractivity contribution >= 4 is 20.0 Å². The molecule has 162 valence electrons. The normalized spacial score (nSPS) is 12.0. The SMILES string of the molecule is CC(C)COS(=O)(=O)C(C)C.CS(=O)(=O)c1cccc(-c2cccc(CN)c2)c1. The molecule has 0 aliphatic rings. The van der Waals surface area contributed by atoms with Crippen molar-refractivity contribution in [1.82, 2.24) is 0 Å². The summed E-state index contributed by atoms with van der Waals surface area (Å²) in [7, 11) is -6.47. The Hall–Kier alpha value is -1.74. The maximum atomic E-state index is 11.5. The second kappa shape index (κ2) is 10.9. The molecule has 6 nitrogen and oxygen atoms in total. The zero-order valence-electron chi connectivity index (χ0n) is 17.6. The number of nitrogens with two attached hydrogens (primary N) is 1. The number of benzene rings is 2. The van der Waals surface area contributed by atoms with Crippen molar-refractivity contribution in [2.24, 2.45) is 11.7 Å². The highest BCUT2D eigenvalue weighted by atomic mass is 32.2. The van der Waals surface area contributed by atoms with Gasteiger partial charge in [-0.25, -0.2) is 8.42 Å². The predicted octanol–water partition coefficient (Wildman–Crippen LogP) is 3.61. The molecule has 2 N–H and O–H groups in total. The zero-order chi connectivity index (χ0) is 22.2. The number of rotatable bonds is 7. The van der Waals surface area contributed by atoms with Crippen LogP contribution in [0.3, 0.4) is 0 Å². The summed E-state index contributed by atoms with van der Waals surface area (Å²) in [4.78, 5) is 0.332. The summed E-state index contributed by atoms with van der Waals surface area (Å²) in [5.74, 6) is 0.253. The van der Waals surface area contributed by atoms with E-state index in [0.717, 1.165) is 16.7 Å². The van der Waals surface area contributed by atoms with E-state index in [1.54, 1.807) is 32.0 Å². The predicted molar refractivity (Wildman–Crippen MR) is 118 cm³/mol. The fraction of sp³-hybridized carbons (Fsp3) is 0.429. The average molecular weight is 442 g/mol. The first-order chi connectivity index (χ1) is 13.4. The van der Waals surface area contributed by atoms with E-state index in [-0.39, 0.29) is 12.5 Å². The molecule has 0 unspecified atom stereocenters. The van der Waals surface area contributed by atoms with E-state index in [2.05, 4.69) is 0 Å². The lowest BCUT2D eigenvalue weighted by Gasteiger charge is -2.09. The largest absolute Gasteiger partial charge is 0.326 e. The Morgan fingerprint density at radius 3 is 1.93 bits per heavy atom. The van der Waals surface area contributed by atoms with Gasteiger partial charge in [0.15, 0.2) is 9.84 Å². The Morgan fingerprint density at radius 1 is 0.897 bits per heavy atom. The molecular formula is C21H31NO5S2. The van der Waals surface area contributed by atoms with Crippen LogP contribution in [-0.2, 0) is 30.7 Å². The van der Waals surface area contributed by atoms with Gasteiger partial charge in [0.1, 0.15) is 0 Å². The lowest BCUT2D eigenvalue weighted by Crippen LogP contribution is -2.19. The van der Waals surface area contributed by atoms with E-state index < -0.39 is 25.2 Å². The first kappa shape index (κ1) is 25.3. The maximum Gasteiger partial charge on any atom is 0.269 e. The first-order valence-corrected chi connectivity index (χ1v) is 12.7. The zero-order valence-corrected chi connectivity index (χ0v) is 19.3. The van der Waals surface area contributed by atoms with Crippen LogP contribution >= 0.6 is 0 Å². The molecule has 0 atom stereocenters. The van der Waals surface area contributed by atoms with Gasteiger partial charge in [-0.15, -0.1) is 0 Å². The van der Waals surface area contributed by atoms with Gasteiger partial charge in [-0.1, -0.05) is 44.2 Å². The standard InChI is InChI=1S/C14H15NO2S.C7H16O3S/c1-18(16,17)14-7-3-6-13(9-14)12-5-2-4-11(8-12)10-15;1-6(2)5-10-11(8,9)7(3)4/h2-9H,10,15H2,1H3;6-7H,5H2,1-4H3. The van der Waals surface area contributed by atoms with Crippen LogP contribution in [0.15, 0.2) is 53.4 Å². The second-order valence-electron chi connectivity index (χ2n) is 7.42. The third-order valence-electron chi connectivity index (χ3n) is 3.90. The van der Waals surface area contributed by atoms with Gasteiger partial charge in [0.25, 0.3) is 10.1 Å². The molecule has 0 heterocycles. The summed E-state index contributed by atoms with van der Waals surface area (Å²) in [5, 5.41) is -0.443. The van der Waals surface area contributed by atoms with Crippen LogP contribution in [0.1, 0.15) is 33.3 Å². The van der Waals surface area contributed by atoms with Crippen molar-refractivity contribution in [1.29, 1.82) is 0 Å².